The van der Waals surface area contributed by atoms with E-state index in [9.17, 15) is 0 Å². The van der Waals surface area contributed by atoms with Crippen molar-refractivity contribution in [1.29, 1.82) is 0 Å². The van der Waals surface area contributed by atoms with Gasteiger partial charge in [0, 0.05) is 10.9 Å². The normalized spacial score (nSPS) is 11.1. The zero-order valence-corrected chi connectivity index (χ0v) is 20.3. The van der Waals surface area contributed by atoms with Gasteiger partial charge in [-0.15, -0.1) is 6.58 Å². The highest BCUT2D eigenvalue weighted by Crippen LogP contribution is 2.31. The highest BCUT2D eigenvalue weighted by molar-refractivity contribution is 5.89. The van der Waals surface area contributed by atoms with Crippen molar-refractivity contribution in [2.45, 2.75) is 58.3 Å². The molecule has 0 atom stereocenters. The van der Waals surface area contributed by atoms with Crippen LogP contribution in [0, 0.1) is 5.82 Å². The van der Waals surface area contributed by atoms with E-state index in [1.807, 2.05) is 30.3 Å². The van der Waals surface area contributed by atoms with Gasteiger partial charge >= 0.3 is 0 Å². The Bertz CT molecular complexity index is 1220. The molecule has 4 rings (SSSR count). The van der Waals surface area contributed by atoms with E-state index in [1.54, 1.807) is 0 Å². The second kappa shape index (κ2) is 11.8. The van der Waals surface area contributed by atoms with Gasteiger partial charge in [-0.05, 0) is 58.9 Å². The zero-order chi connectivity index (χ0) is 23.8. The van der Waals surface area contributed by atoms with E-state index in [0.29, 0.717) is 10.9 Å². The first-order valence-electron chi connectivity index (χ1n) is 12.7. The molecule has 0 aliphatic rings. The molecule has 0 aliphatic carbocycles. The molecule has 0 radical (unpaired) electrons. The third-order valence-electron chi connectivity index (χ3n) is 6.71. The molecule has 4 aromatic rings. The quantitative estimate of drug-likeness (QED) is 0.157. The van der Waals surface area contributed by atoms with Gasteiger partial charge in [-0.25, -0.2) is 4.39 Å². The van der Waals surface area contributed by atoms with Gasteiger partial charge in [-0.2, -0.15) is 0 Å². The zero-order valence-electron chi connectivity index (χ0n) is 20.3. The Morgan fingerprint density at radius 2 is 1.32 bits per heavy atom. The van der Waals surface area contributed by atoms with E-state index >= 15 is 4.39 Å². The molecule has 0 N–H and O–H groups in total. The van der Waals surface area contributed by atoms with Gasteiger partial charge in [-0.1, -0.05) is 118 Å². The maximum atomic E-state index is 15.4. The standard InChI is InChI=1S/C33H35F/c1-3-5-7-8-9-11-26-14-22-32-30(24-26)21-23-31(33(32)34)29-19-17-28(18-20-29)27-15-12-25(13-16-27)10-6-4-2/h4,12-24H,2-3,5-11H2,1H3. The van der Waals surface area contributed by atoms with Crippen LogP contribution in [0.3, 0.4) is 0 Å². The number of allylic oxidation sites excluding steroid dienone is 1. The summed E-state index contributed by atoms with van der Waals surface area (Å²) in [6.07, 6.45) is 11.4. The van der Waals surface area contributed by atoms with E-state index < -0.39 is 0 Å². The molecule has 0 saturated heterocycles. The summed E-state index contributed by atoms with van der Waals surface area (Å²) in [5.74, 6) is -0.133. The molecular weight excluding hydrogens is 415 g/mol. The summed E-state index contributed by atoms with van der Waals surface area (Å²) in [5, 5.41) is 1.69. The molecule has 0 fully saturated rings. The van der Waals surface area contributed by atoms with Gasteiger partial charge in [0.05, 0.1) is 0 Å². The predicted octanol–water partition coefficient (Wildman–Crippen LogP) is 9.94. The Balaban J connectivity index is 1.49. The van der Waals surface area contributed by atoms with Crippen molar-refractivity contribution < 1.29 is 4.39 Å². The number of hydrogen-bond donors (Lipinski definition) is 0. The Kier molecular flexibility index (Phi) is 8.31. The van der Waals surface area contributed by atoms with Gasteiger partial charge in [0.15, 0.2) is 0 Å². The summed E-state index contributed by atoms with van der Waals surface area (Å²) in [4.78, 5) is 0. The van der Waals surface area contributed by atoms with Crippen molar-refractivity contribution in [1.82, 2.24) is 0 Å². The maximum absolute atomic E-state index is 15.4. The SMILES string of the molecule is C=CCCc1ccc(-c2ccc(-c3ccc4cc(CCCCCCC)ccc4c3F)cc2)cc1. The third-order valence-corrected chi connectivity index (χ3v) is 6.71. The van der Waals surface area contributed by atoms with Crippen molar-refractivity contribution in [2.24, 2.45) is 0 Å². The van der Waals surface area contributed by atoms with Crippen molar-refractivity contribution in [3.05, 3.63) is 108 Å². The minimum absolute atomic E-state index is 0.133. The monoisotopic (exact) mass is 450 g/mol. The molecule has 0 bridgehead atoms. The second-order valence-corrected chi connectivity index (χ2v) is 9.25. The van der Waals surface area contributed by atoms with E-state index in [1.165, 1.54) is 48.8 Å². The number of hydrogen-bond acceptors (Lipinski definition) is 0. The minimum Gasteiger partial charge on any atom is -0.206 e. The number of aryl methyl sites for hydroxylation is 2. The largest absolute Gasteiger partial charge is 0.206 e. The Labute approximate surface area is 204 Å². The summed E-state index contributed by atoms with van der Waals surface area (Å²) >= 11 is 0. The molecule has 0 spiro atoms. The number of benzene rings is 4. The smallest absolute Gasteiger partial charge is 0.138 e. The lowest BCUT2D eigenvalue weighted by atomic mass is 9.96. The number of fused-ring (bicyclic) bond motifs is 1. The van der Waals surface area contributed by atoms with Crippen LogP contribution in [0.1, 0.15) is 56.6 Å². The summed E-state index contributed by atoms with van der Waals surface area (Å²) < 4.78 is 15.4. The number of halogens is 1. The molecule has 0 unspecified atom stereocenters. The Morgan fingerprint density at radius 1 is 0.676 bits per heavy atom. The predicted molar refractivity (Wildman–Crippen MR) is 146 cm³/mol. The average molecular weight is 451 g/mol. The van der Waals surface area contributed by atoms with Gasteiger partial charge in [0.1, 0.15) is 5.82 Å². The van der Waals surface area contributed by atoms with Gasteiger partial charge in [-0.3, -0.25) is 0 Å². The van der Waals surface area contributed by atoms with Gasteiger partial charge in [0.2, 0.25) is 0 Å². The van der Waals surface area contributed by atoms with Crippen LogP contribution in [0.4, 0.5) is 4.39 Å². The average Bonchev–Trinajstić information content (AvgIpc) is 2.88. The molecule has 0 amide bonds. The summed E-state index contributed by atoms with van der Waals surface area (Å²) in [5.41, 5.74) is 6.50. The van der Waals surface area contributed by atoms with Gasteiger partial charge in [0.25, 0.3) is 0 Å². The van der Waals surface area contributed by atoms with Crippen LogP contribution in [-0.4, -0.2) is 0 Å². The third kappa shape index (κ3) is 5.83. The van der Waals surface area contributed by atoms with Crippen LogP contribution in [0.5, 0.6) is 0 Å². The minimum atomic E-state index is -0.133. The molecular formula is C33H35F. The van der Waals surface area contributed by atoms with Crippen LogP contribution in [0.2, 0.25) is 0 Å². The molecule has 0 aliphatic heterocycles. The lowest BCUT2D eigenvalue weighted by molar-refractivity contribution is 0.632. The first-order valence-corrected chi connectivity index (χ1v) is 12.7. The summed E-state index contributed by atoms with van der Waals surface area (Å²) in [6.45, 7) is 6.03. The van der Waals surface area contributed by atoms with Crippen LogP contribution in [0.25, 0.3) is 33.0 Å². The molecule has 0 heterocycles. The first kappa shape index (κ1) is 24.0. The van der Waals surface area contributed by atoms with Crippen molar-refractivity contribution in [2.75, 3.05) is 0 Å². The van der Waals surface area contributed by atoms with E-state index in [0.717, 1.165) is 35.8 Å². The molecule has 4 aromatic carbocycles. The summed E-state index contributed by atoms with van der Waals surface area (Å²) in [6, 6.07) is 27.1. The highest BCUT2D eigenvalue weighted by Gasteiger charge is 2.10. The fraction of sp³-hybridized carbons (Fsp3) is 0.273. The molecule has 34 heavy (non-hydrogen) atoms. The fourth-order valence-corrected chi connectivity index (χ4v) is 4.63. The van der Waals surface area contributed by atoms with Crippen LogP contribution >= 0.6 is 0 Å². The fourth-order valence-electron chi connectivity index (χ4n) is 4.63. The van der Waals surface area contributed by atoms with Crippen molar-refractivity contribution in [3.63, 3.8) is 0 Å². The second-order valence-electron chi connectivity index (χ2n) is 9.25. The highest BCUT2D eigenvalue weighted by atomic mass is 19.1. The van der Waals surface area contributed by atoms with E-state index in [-0.39, 0.29) is 5.82 Å². The number of unbranched alkanes of at least 4 members (excludes halogenated alkanes) is 4. The molecule has 1 heteroatoms. The van der Waals surface area contributed by atoms with Crippen molar-refractivity contribution in [3.8, 4) is 22.3 Å². The Hall–Kier alpha value is -3.19. The number of rotatable bonds is 11. The molecule has 0 nitrogen and oxygen atoms in total. The summed E-state index contributed by atoms with van der Waals surface area (Å²) in [7, 11) is 0. The van der Waals surface area contributed by atoms with Crippen LogP contribution in [0.15, 0.2) is 91.5 Å². The van der Waals surface area contributed by atoms with Crippen LogP contribution in [-0.2, 0) is 12.8 Å². The Morgan fingerprint density at radius 3 is 2.03 bits per heavy atom. The van der Waals surface area contributed by atoms with Crippen molar-refractivity contribution >= 4 is 10.8 Å². The molecule has 0 saturated carbocycles. The molecule has 0 aromatic heterocycles. The molecule has 174 valence electrons. The maximum Gasteiger partial charge on any atom is 0.138 e. The van der Waals surface area contributed by atoms with E-state index in [4.69, 9.17) is 0 Å². The van der Waals surface area contributed by atoms with E-state index in [2.05, 4.69) is 68.1 Å². The topological polar surface area (TPSA) is 0 Å². The van der Waals surface area contributed by atoms with Gasteiger partial charge < -0.3 is 0 Å². The van der Waals surface area contributed by atoms with Crippen LogP contribution < -0.4 is 0 Å². The lowest BCUT2D eigenvalue weighted by Crippen LogP contribution is -1.91. The first-order chi connectivity index (χ1) is 16.7. The lowest BCUT2D eigenvalue weighted by Gasteiger charge is -2.10.